The van der Waals surface area contributed by atoms with Crippen LogP contribution in [0, 0.1) is 6.92 Å². The summed E-state index contributed by atoms with van der Waals surface area (Å²) >= 11 is 12.0. The van der Waals surface area contributed by atoms with Crippen molar-refractivity contribution in [3.05, 3.63) is 45.5 Å². The first-order chi connectivity index (χ1) is 11.0. The van der Waals surface area contributed by atoms with Crippen molar-refractivity contribution < 1.29 is 4.52 Å². The van der Waals surface area contributed by atoms with Crippen LogP contribution in [0.5, 0.6) is 0 Å². The summed E-state index contributed by atoms with van der Waals surface area (Å²) < 4.78 is 5.07. The monoisotopic (exact) mass is 355 g/mol. The number of hydrogen-bond acceptors (Lipinski definition) is 4. The van der Waals surface area contributed by atoms with Gasteiger partial charge in [-0.3, -0.25) is 0 Å². The molecule has 0 spiro atoms. The Kier molecular flexibility index (Phi) is 6.24. The topological polar surface area (TPSA) is 66.5 Å². The quantitative estimate of drug-likeness (QED) is 0.658. The molecule has 0 aliphatic carbocycles. The first-order valence-corrected chi connectivity index (χ1v) is 7.97. The molecule has 0 saturated heterocycles. The second-order valence-electron chi connectivity index (χ2n) is 5.01. The van der Waals surface area contributed by atoms with Crippen LogP contribution in [0.4, 0.5) is 0 Å². The zero-order valence-corrected chi connectivity index (χ0v) is 14.8. The van der Waals surface area contributed by atoms with Crippen LogP contribution in [0.1, 0.15) is 24.2 Å². The molecule has 0 saturated carbocycles. The summed E-state index contributed by atoms with van der Waals surface area (Å²) in [4.78, 5) is 10.6. The molecular weight excluding hydrogens is 337 g/mol. The molecule has 1 N–H and O–H groups in total. The van der Waals surface area contributed by atoms with E-state index in [1.807, 2.05) is 31.0 Å². The van der Waals surface area contributed by atoms with Crippen LogP contribution in [-0.4, -0.2) is 34.6 Å². The number of aliphatic imine (C=N–C) groups is 1. The minimum absolute atomic E-state index is 0.328. The van der Waals surface area contributed by atoms with E-state index in [0.717, 1.165) is 18.1 Å². The molecule has 0 aliphatic heterocycles. The fourth-order valence-electron chi connectivity index (χ4n) is 2.00. The average Bonchev–Trinajstić information content (AvgIpc) is 2.92. The molecule has 0 atom stereocenters. The predicted molar refractivity (Wildman–Crippen MR) is 91.8 cm³/mol. The highest BCUT2D eigenvalue weighted by atomic mass is 35.5. The molecule has 0 aliphatic rings. The van der Waals surface area contributed by atoms with E-state index in [4.69, 9.17) is 27.7 Å². The van der Waals surface area contributed by atoms with Crippen molar-refractivity contribution in [2.45, 2.75) is 26.9 Å². The second kappa shape index (κ2) is 8.17. The second-order valence-corrected chi connectivity index (χ2v) is 5.82. The molecule has 0 fully saturated rings. The van der Waals surface area contributed by atoms with Crippen molar-refractivity contribution >= 4 is 29.2 Å². The number of nitrogens with one attached hydrogen (secondary N) is 1. The van der Waals surface area contributed by atoms with Gasteiger partial charge in [0.2, 0.25) is 5.89 Å². The van der Waals surface area contributed by atoms with Gasteiger partial charge >= 0.3 is 0 Å². The average molecular weight is 356 g/mol. The normalized spacial score (nSPS) is 11.6. The number of benzene rings is 1. The van der Waals surface area contributed by atoms with Crippen molar-refractivity contribution in [1.82, 2.24) is 20.4 Å². The highest BCUT2D eigenvalue weighted by molar-refractivity contribution is 6.42. The van der Waals surface area contributed by atoms with E-state index in [1.54, 1.807) is 13.0 Å². The van der Waals surface area contributed by atoms with E-state index >= 15 is 0 Å². The van der Waals surface area contributed by atoms with E-state index in [-0.39, 0.29) is 0 Å². The predicted octanol–water partition coefficient (Wildman–Crippen LogP) is 3.28. The largest absolute Gasteiger partial charge is 0.357 e. The van der Waals surface area contributed by atoms with Gasteiger partial charge in [-0.2, -0.15) is 4.98 Å². The van der Waals surface area contributed by atoms with Crippen molar-refractivity contribution in [2.75, 3.05) is 13.6 Å². The highest BCUT2D eigenvalue weighted by Crippen LogP contribution is 2.23. The Morgan fingerprint density at radius 3 is 2.74 bits per heavy atom. The highest BCUT2D eigenvalue weighted by Gasteiger charge is 2.09. The van der Waals surface area contributed by atoms with Crippen molar-refractivity contribution in [1.29, 1.82) is 0 Å². The minimum atomic E-state index is 0.328. The molecule has 23 heavy (non-hydrogen) atoms. The number of aryl methyl sites for hydroxylation is 1. The Bertz CT molecular complexity index is 686. The van der Waals surface area contributed by atoms with Gasteiger partial charge in [0.25, 0.3) is 0 Å². The molecule has 2 aromatic rings. The lowest BCUT2D eigenvalue weighted by Gasteiger charge is -2.22. The van der Waals surface area contributed by atoms with Gasteiger partial charge in [-0.1, -0.05) is 34.4 Å². The van der Waals surface area contributed by atoms with Gasteiger partial charge in [-0.25, -0.2) is 4.99 Å². The molecule has 124 valence electrons. The van der Waals surface area contributed by atoms with Crippen LogP contribution < -0.4 is 5.32 Å². The molecule has 1 heterocycles. The lowest BCUT2D eigenvalue weighted by Crippen LogP contribution is -2.38. The van der Waals surface area contributed by atoms with Crippen LogP contribution in [0.25, 0.3) is 0 Å². The first kappa shape index (κ1) is 17.6. The van der Waals surface area contributed by atoms with Gasteiger partial charge in [0.15, 0.2) is 11.8 Å². The summed E-state index contributed by atoms with van der Waals surface area (Å²) in [7, 11) is 1.95. The zero-order chi connectivity index (χ0) is 16.8. The molecule has 0 unspecified atom stereocenters. The number of nitrogens with zero attached hydrogens (tertiary/aromatic N) is 4. The summed E-state index contributed by atoms with van der Waals surface area (Å²) in [6.45, 7) is 5.52. The van der Waals surface area contributed by atoms with Gasteiger partial charge in [0.1, 0.15) is 6.54 Å². The van der Waals surface area contributed by atoms with E-state index < -0.39 is 0 Å². The molecule has 6 nitrogen and oxygen atoms in total. The smallest absolute Gasteiger partial charge is 0.248 e. The fourth-order valence-corrected chi connectivity index (χ4v) is 2.32. The molecule has 2 rings (SSSR count). The third kappa shape index (κ3) is 5.11. The van der Waals surface area contributed by atoms with Crippen LogP contribution in [-0.2, 0) is 13.1 Å². The van der Waals surface area contributed by atoms with Crippen molar-refractivity contribution in [2.24, 2.45) is 4.99 Å². The third-order valence-electron chi connectivity index (χ3n) is 3.03. The minimum Gasteiger partial charge on any atom is -0.357 e. The third-order valence-corrected chi connectivity index (χ3v) is 3.77. The molecule has 8 heteroatoms. The molecule has 0 amide bonds. The number of hydrogen-bond donors (Lipinski definition) is 1. The van der Waals surface area contributed by atoms with E-state index in [9.17, 15) is 0 Å². The first-order valence-electron chi connectivity index (χ1n) is 7.22. The lowest BCUT2D eigenvalue weighted by molar-refractivity contribution is 0.375. The van der Waals surface area contributed by atoms with Crippen LogP contribution in [0.15, 0.2) is 27.7 Å². The van der Waals surface area contributed by atoms with Gasteiger partial charge in [0, 0.05) is 20.1 Å². The van der Waals surface area contributed by atoms with Gasteiger partial charge < -0.3 is 14.7 Å². The summed E-state index contributed by atoms with van der Waals surface area (Å²) in [5.74, 6) is 1.83. The zero-order valence-electron chi connectivity index (χ0n) is 13.3. The summed E-state index contributed by atoms with van der Waals surface area (Å²) in [6, 6.07) is 5.58. The standard InChI is InChI=1S/C15H19Cl2N5O/c1-4-18-15(19-8-14-20-10(2)21-23-14)22(3)9-11-5-6-12(16)13(17)7-11/h5-7H,4,8-9H2,1-3H3,(H,18,19). The number of guanidine groups is 1. The van der Waals surface area contributed by atoms with E-state index in [2.05, 4.69) is 20.4 Å². The molecule has 0 bridgehead atoms. The Labute approximate surface area is 145 Å². The van der Waals surface area contributed by atoms with E-state index in [1.165, 1.54) is 0 Å². The van der Waals surface area contributed by atoms with Gasteiger partial charge in [-0.15, -0.1) is 0 Å². The maximum atomic E-state index is 6.06. The number of rotatable bonds is 5. The summed E-state index contributed by atoms with van der Waals surface area (Å²) in [5.41, 5.74) is 1.04. The maximum Gasteiger partial charge on any atom is 0.248 e. The molecular formula is C15H19Cl2N5O. The summed E-state index contributed by atoms with van der Waals surface area (Å²) in [6.07, 6.45) is 0. The fraction of sp³-hybridized carbons (Fsp3) is 0.400. The maximum absolute atomic E-state index is 6.06. The Morgan fingerprint density at radius 2 is 2.13 bits per heavy atom. The number of halogens is 2. The van der Waals surface area contributed by atoms with Gasteiger partial charge in [-0.05, 0) is 31.5 Å². The molecule has 1 aromatic carbocycles. The van der Waals surface area contributed by atoms with Crippen LogP contribution in [0.3, 0.4) is 0 Å². The van der Waals surface area contributed by atoms with Gasteiger partial charge in [0.05, 0.1) is 10.0 Å². The summed E-state index contributed by atoms with van der Waals surface area (Å²) in [5, 5.41) is 8.08. The van der Waals surface area contributed by atoms with Crippen LogP contribution >= 0.6 is 23.2 Å². The Hall–Kier alpha value is -1.79. The Morgan fingerprint density at radius 1 is 1.35 bits per heavy atom. The van der Waals surface area contributed by atoms with Crippen molar-refractivity contribution in [3.63, 3.8) is 0 Å². The number of aromatic nitrogens is 2. The van der Waals surface area contributed by atoms with Crippen LogP contribution in [0.2, 0.25) is 10.0 Å². The van der Waals surface area contributed by atoms with E-state index in [0.29, 0.717) is 34.8 Å². The lowest BCUT2D eigenvalue weighted by atomic mass is 10.2. The van der Waals surface area contributed by atoms with Crippen molar-refractivity contribution in [3.8, 4) is 0 Å². The molecule has 1 aromatic heterocycles. The SMILES string of the molecule is CCNC(=NCc1nc(C)no1)N(C)Cc1ccc(Cl)c(Cl)c1. The Balaban J connectivity index is 2.07. The molecule has 0 radical (unpaired) electrons.